The van der Waals surface area contributed by atoms with Crippen molar-refractivity contribution in [1.29, 1.82) is 0 Å². The summed E-state index contributed by atoms with van der Waals surface area (Å²) >= 11 is 0. The number of aromatic hydroxyl groups is 1. The monoisotopic (exact) mass is 261 g/mol. The number of phenolic OH excluding ortho intramolecular Hbond substituents is 1. The molecule has 0 atom stereocenters. The topological polar surface area (TPSA) is 40.5 Å². The predicted octanol–water partition coefficient (Wildman–Crippen LogP) is 3.75. The number of phenols is 1. The molecular weight excluding hydrogens is 238 g/mol. The predicted molar refractivity (Wildman–Crippen MR) is 78.0 cm³/mol. The summed E-state index contributed by atoms with van der Waals surface area (Å²) in [7, 11) is 0. The molecule has 1 saturated carbocycles. The third kappa shape index (κ3) is 3.09. The van der Waals surface area contributed by atoms with E-state index in [2.05, 4.69) is 11.8 Å². The number of anilines is 1. The van der Waals surface area contributed by atoms with E-state index in [4.69, 9.17) is 0 Å². The van der Waals surface area contributed by atoms with Crippen LogP contribution in [0.5, 0.6) is 5.75 Å². The van der Waals surface area contributed by atoms with E-state index in [1.165, 1.54) is 39.0 Å². The van der Waals surface area contributed by atoms with Gasteiger partial charge in [-0.05, 0) is 38.8 Å². The molecular formula is C16H23NO2. The Morgan fingerprint density at radius 2 is 2.00 bits per heavy atom. The molecule has 0 amide bonds. The van der Waals surface area contributed by atoms with Crippen LogP contribution in [-0.4, -0.2) is 23.5 Å². The fraction of sp³-hybridized carbons (Fsp3) is 0.562. The average molecular weight is 261 g/mol. The summed E-state index contributed by atoms with van der Waals surface area (Å²) in [5, 5.41) is 9.96. The molecule has 2 rings (SSSR count). The third-order valence-corrected chi connectivity index (χ3v) is 4.05. The van der Waals surface area contributed by atoms with Gasteiger partial charge >= 0.3 is 0 Å². The SMILES string of the molecule is CCN(c1ccc(C(C)=O)c(O)c1)C1CCCCC1. The lowest BCUT2D eigenvalue weighted by atomic mass is 9.93. The van der Waals surface area contributed by atoms with Crippen LogP contribution in [0.15, 0.2) is 18.2 Å². The number of Topliss-reactive ketones (excluding diaryl/α,β-unsaturated/α-hetero) is 1. The Balaban J connectivity index is 2.23. The first-order chi connectivity index (χ1) is 9.13. The van der Waals surface area contributed by atoms with E-state index in [9.17, 15) is 9.90 Å². The lowest BCUT2D eigenvalue weighted by molar-refractivity contribution is 0.101. The zero-order valence-corrected chi connectivity index (χ0v) is 11.9. The van der Waals surface area contributed by atoms with Gasteiger partial charge in [0.1, 0.15) is 5.75 Å². The second kappa shape index (κ2) is 6.09. The van der Waals surface area contributed by atoms with E-state index < -0.39 is 0 Å². The maximum atomic E-state index is 11.3. The fourth-order valence-corrected chi connectivity index (χ4v) is 3.04. The molecule has 3 nitrogen and oxygen atoms in total. The summed E-state index contributed by atoms with van der Waals surface area (Å²) in [6.45, 7) is 4.56. The van der Waals surface area contributed by atoms with Crippen LogP contribution in [0, 0.1) is 0 Å². The van der Waals surface area contributed by atoms with Crippen molar-refractivity contribution < 1.29 is 9.90 Å². The number of benzene rings is 1. The minimum Gasteiger partial charge on any atom is -0.507 e. The fourth-order valence-electron chi connectivity index (χ4n) is 3.04. The quantitative estimate of drug-likeness (QED) is 0.839. The van der Waals surface area contributed by atoms with Crippen LogP contribution < -0.4 is 4.90 Å². The van der Waals surface area contributed by atoms with E-state index in [-0.39, 0.29) is 11.5 Å². The van der Waals surface area contributed by atoms with E-state index >= 15 is 0 Å². The molecule has 0 aromatic heterocycles. The highest BCUT2D eigenvalue weighted by Gasteiger charge is 2.21. The summed E-state index contributed by atoms with van der Waals surface area (Å²) in [5.74, 6) is 0.00373. The van der Waals surface area contributed by atoms with Gasteiger partial charge in [-0.25, -0.2) is 0 Å². The Labute approximate surface area is 115 Å². The van der Waals surface area contributed by atoms with Crippen molar-refractivity contribution >= 4 is 11.5 Å². The van der Waals surface area contributed by atoms with Gasteiger partial charge in [-0.2, -0.15) is 0 Å². The molecule has 0 aliphatic heterocycles. The normalized spacial score (nSPS) is 16.3. The number of hydrogen-bond acceptors (Lipinski definition) is 3. The lowest BCUT2D eigenvalue weighted by Gasteiger charge is -2.35. The molecule has 0 radical (unpaired) electrons. The molecule has 1 fully saturated rings. The minimum atomic E-state index is -0.0928. The summed E-state index contributed by atoms with van der Waals surface area (Å²) in [6, 6.07) is 5.99. The average Bonchev–Trinajstić information content (AvgIpc) is 2.40. The summed E-state index contributed by atoms with van der Waals surface area (Å²) in [5.41, 5.74) is 1.43. The second-order valence-electron chi connectivity index (χ2n) is 5.34. The Bertz CT molecular complexity index is 450. The number of rotatable bonds is 4. The molecule has 0 bridgehead atoms. The molecule has 0 spiro atoms. The van der Waals surface area contributed by atoms with Crippen LogP contribution in [0.2, 0.25) is 0 Å². The van der Waals surface area contributed by atoms with Crippen LogP contribution >= 0.6 is 0 Å². The van der Waals surface area contributed by atoms with Crippen LogP contribution in [-0.2, 0) is 0 Å². The van der Waals surface area contributed by atoms with Crippen LogP contribution in [0.1, 0.15) is 56.3 Å². The first-order valence-electron chi connectivity index (χ1n) is 7.24. The highest BCUT2D eigenvalue weighted by Crippen LogP contribution is 2.30. The van der Waals surface area contributed by atoms with E-state index in [1.807, 2.05) is 6.07 Å². The van der Waals surface area contributed by atoms with Crippen molar-refractivity contribution in [3.8, 4) is 5.75 Å². The number of nitrogens with zero attached hydrogens (tertiary/aromatic N) is 1. The van der Waals surface area contributed by atoms with Gasteiger partial charge in [0.15, 0.2) is 5.78 Å². The molecule has 19 heavy (non-hydrogen) atoms. The van der Waals surface area contributed by atoms with Crippen LogP contribution in [0.25, 0.3) is 0 Å². The molecule has 0 unspecified atom stereocenters. The minimum absolute atomic E-state index is 0.0928. The van der Waals surface area contributed by atoms with Gasteiger partial charge in [-0.1, -0.05) is 19.3 Å². The van der Waals surface area contributed by atoms with E-state index in [0.717, 1.165) is 12.2 Å². The number of hydrogen-bond donors (Lipinski definition) is 1. The molecule has 104 valence electrons. The van der Waals surface area contributed by atoms with E-state index in [1.54, 1.807) is 12.1 Å². The number of ketones is 1. The third-order valence-electron chi connectivity index (χ3n) is 4.05. The highest BCUT2D eigenvalue weighted by atomic mass is 16.3. The molecule has 1 N–H and O–H groups in total. The molecule has 3 heteroatoms. The molecule has 1 aliphatic rings. The molecule has 0 heterocycles. The largest absolute Gasteiger partial charge is 0.507 e. The highest BCUT2D eigenvalue weighted by molar-refractivity contribution is 5.97. The van der Waals surface area contributed by atoms with Crippen molar-refractivity contribution in [2.24, 2.45) is 0 Å². The molecule has 1 aromatic rings. The van der Waals surface area contributed by atoms with Crippen molar-refractivity contribution in [1.82, 2.24) is 0 Å². The Hall–Kier alpha value is -1.51. The van der Waals surface area contributed by atoms with Crippen molar-refractivity contribution in [2.45, 2.75) is 52.0 Å². The maximum Gasteiger partial charge on any atom is 0.163 e. The number of carbonyl (C=O) groups is 1. The van der Waals surface area contributed by atoms with Crippen molar-refractivity contribution in [3.63, 3.8) is 0 Å². The van der Waals surface area contributed by atoms with Gasteiger partial charge in [-0.3, -0.25) is 4.79 Å². The van der Waals surface area contributed by atoms with Gasteiger partial charge in [0, 0.05) is 24.3 Å². The zero-order chi connectivity index (χ0) is 13.8. The van der Waals surface area contributed by atoms with Gasteiger partial charge in [0.25, 0.3) is 0 Å². The second-order valence-corrected chi connectivity index (χ2v) is 5.34. The Kier molecular flexibility index (Phi) is 4.46. The first-order valence-corrected chi connectivity index (χ1v) is 7.24. The van der Waals surface area contributed by atoms with Crippen molar-refractivity contribution in [3.05, 3.63) is 23.8 Å². The molecule has 1 aromatic carbocycles. The smallest absolute Gasteiger partial charge is 0.163 e. The maximum absolute atomic E-state index is 11.3. The van der Waals surface area contributed by atoms with Crippen LogP contribution in [0.3, 0.4) is 0 Å². The van der Waals surface area contributed by atoms with Gasteiger partial charge in [-0.15, -0.1) is 0 Å². The zero-order valence-electron chi connectivity index (χ0n) is 11.9. The van der Waals surface area contributed by atoms with Gasteiger partial charge < -0.3 is 10.0 Å². The first kappa shape index (κ1) is 13.9. The van der Waals surface area contributed by atoms with Gasteiger partial charge in [0.2, 0.25) is 0 Å². The standard InChI is InChI=1S/C16H23NO2/c1-3-17(13-7-5-4-6-8-13)14-9-10-15(12(2)18)16(19)11-14/h9-11,13,19H,3-8H2,1-2H3. The number of carbonyl (C=O) groups excluding carboxylic acids is 1. The summed E-state index contributed by atoms with van der Waals surface area (Å²) < 4.78 is 0. The Morgan fingerprint density at radius 1 is 1.32 bits per heavy atom. The summed E-state index contributed by atoms with van der Waals surface area (Å²) in [6.07, 6.45) is 6.37. The molecule has 1 aliphatic carbocycles. The Morgan fingerprint density at radius 3 is 2.53 bits per heavy atom. The molecule has 0 saturated heterocycles. The lowest BCUT2D eigenvalue weighted by Crippen LogP contribution is -2.36. The summed E-state index contributed by atoms with van der Waals surface area (Å²) in [4.78, 5) is 13.7. The van der Waals surface area contributed by atoms with Crippen LogP contribution in [0.4, 0.5) is 5.69 Å². The van der Waals surface area contributed by atoms with Gasteiger partial charge in [0.05, 0.1) is 5.56 Å². The van der Waals surface area contributed by atoms with E-state index in [0.29, 0.717) is 11.6 Å². The van der Waals surface area contributed by atoms with Crippen molar-refractivity contribution in [2.75, 3.05) is 11.4 Å².